The highest BCUT2D eigenvalue weighted by atomic mass is 35.5. The quantitative estimate of drug-likeness (QED) is 0.261. The number of halogens is 2. The molecule has 1 N–H and O–H groups in total. The summed E-state index contributed by atoms with van der Waals surface area (Å²) in [5.74, 6) is 1.86. The Balaban J connectivity index is 1.47. The van der Waals surface area contributed by atoms with E-state index >= 15 is 0 Å². The van der Waals surface area contributed by atoms with Crippen molar-refractivity contribution in [3.8, 4) is 17.2 Å². The molecule has 4 nitrogen and oxygen atoms in total. The number of hydrogen-bond acceptors (Lipinski definition) is 4. The van der Waals surface area contributed by atoms with Gasteiger partial charge < -0.3 is 19.5 Å². The summed E-state index contributed by atoms with van der Waals surface area (Å²) in [5.41, 5.74) is 2.97. The number of rotatable bonds is 10. The Labute approximate surface area is 204 Å². The molecule has 0 spiro atoms. The summed E-state index contributed by atoms with van der Waals surface area (Å²) in [5, 5.41) is 6.17. The summed E-state index contributed by atoms with van der Waals surface area (Å²) in [6, 6.07) is 22.6. The second-order valence-electron chi connectivity index (χ2n) is 7.90. The van der Waals surface area contributed by atoms with E-state index in [1.54, 1.807) is 20.3 Å². The molecule has 0 fully saturated rings. The van der Waals surface area contributed by atoms with Crippen LogP contribution in [0.4, 0.5) is 4.39 Å². The molecule has 0 saturated carbocycles. The van der Waals surface area contributed by atoms with Crippen LogP contribution in [0.3, 0.4) is 0 Å². The largest absolute Gasteiger partial charge is 0.493 e. The molecule has 0 aliphatic rings. The Morgan fingerprint density at radius 2 is 1.65 bits per heavy atom. The topological polar surface area (TPSA) is 39.7 Å². The summed E-state index contributed by atoms with van der Waals surface area (Å²) >= 11 is 6.18. The predicted molar refractivity (Wildman–Crippen MR) is 135 cm³/mol. The van der Waals surface area contributed by atoms with E-state index in [0.29, 0.717) is 11.6 Å². The molecule has 0 atom stereocenters. The molecule has 6 heteroatoms. The molecule has 176 valence electrons. The minimum absolute atomic E-state index is 0.260. The normalized spacial score (nSPS) is 10.9. The van der Waals surface area contributed by atoms with Gasteiger partial charge in [0.2, 0.25) is 0 Å². The van der Waals surface area contributed by atoms with Crippen LogP contribution in [0.1, 0.15) is 16.7 Å². The van der Waals surface area contributed by atoms with Crippen molar-refractivity contribution in [1.82, 2.24) is 5.32 Å². The maximum absolute atomic E-state index is 13.4. The van der Waals surface area contributed by atoms with E-state index in [0.717, 1.165) is 57.7 Å². The summed E-state index contributed by atoms with van der Waals surface area (Å²) in [4.78, 5) is 0. The highest BCUT2D eigenvalue weighted by Crippen LogP contribution is 2.30. The molecule has 0 aromatic heterocycles. The van der Waals surface area contributed by atoms with Gasteiger partial charge in [-0.1, -0.05) is 54.1 Å². The third-order valence-electron chi connectivity index (χ3n) is 5.74. The monoisotopic (exact) mass is 479 g/mol. The average molecular weight is 480 g/mol. The lowest BCUT2D eigenvalue weighted by Gasteiger charge is -2.16. The molecule has 0 amide bonds. The molecule has 4 aromatic rings. The lowest BCUT2D eigenvalue weighted by atomic mass is 10.0. The van der Waals surface area contributed by atoms with E-state index < -0.39 is 0 Å². The van der Waals surface area contributed by atoms with E-state index in [-0.39, 0.29) is 12.4 Å². The van der Waals surface area contributed by atoms with Crippen molar-refractivity contribution in [3.05, 3.63) is 100 Å². The van der Waals surface area contributed by atoms with Gasteiger partial charge in [0.1, 0.15) is 18.2 Å². The first kappa shape index (κ1) is 23.9. The van der Waals surface area contributed by atoms with Crippen LogP contribution in [0.15, 0.2) is 72.8 Å². The number of fused-ring (bicyclic) bond motifs is 1. The zero-order valence-corrected chi connectivity index (χ0v) is 20.0. The number of nitrogens with one attached hydrogen (secondary N) is 1. The molecule has 0 aliphatic carbocycles. The van der Waals surface area contributed by atoms with Crippen LogP contribution in [0.25, 0.3) is 10.8 Å². The number of hydrogen-bond donors (Lipinski definition) is 1. The van der Waals surface area contributed by atoms with Crippen molar-refractivity contribution in [2.45, 2.75) is 19.6 Å². The van der Waals surface area contributed by atoms with Crippen molar-refractivity contribution in [3.63, 3.8) is 0 Å². The molecule has 34 heavy (non-hydrogen) atoms. The van der Waals surface area contributed by atoms with E-state index in [1.165, 1.54) is 12.1 Å². The van der Waals surface area contributed by atoms with E-state index in [1.807, 2.05) is 42.5 Å². The van der Waals surface area contributed by atoms with Gasteiger partial charge in [-0.2, -0.15) is 0 Å². The van der Waals surface area contributed by atoms with Crippen molar-refractivity contribution >= 4 is 22.4 Å². The maximum Gasteiger partial charge on any atom is 0.160 e. The summed E-state index contributed by atoms with van der Waals surface area (Å²) in [7, 11) is 3.27. The number of methoxy groups -OCH3 is 2. The standard InChI is InChI=1S/C28H27ClFNO3/c1-32-27-11-7-19(15-28(27)33-2)13-14-31-17-24-23-6-4-3-5-20(23)9-12-26(24)34-18-21-8-10-22(30)16-25(21)29/h3-12,15-16,31H,13-14,17-18H2,1-2H3. The molecule has 0 bridgehead atoms. The fourth-order valence-electron chi connectivity index (χ4n) is 3.91. The Kier molecular flexibility index (Phi) is 7.88. The molecule has 0 saturated heterocycles. The van der Waals surface area contributed by atoms with E-state index in [9.17, 15) is 4.39 Å². The second kappa shape index (κ2) is 11.2. The van der Waals surface area contributed by atoms with Gasteiger partial charge in [-0.25, -0.2) is 4.39 Å². The van der Waals surface area contributed by atoms with Gasteiger partial charge in [0.15, 0.2) is 11.5 Å². The Morgan fingerprint density at radius 1 is 0.853 bits per heavy atom. The Bertz CT molecular complexity index is 1280. The first-order valence-electron chi connectivity index (χ1n) is 11.1. The van der Waals surface area contributed by atoms with E-state index in [4.69, 9.17) is 25.8 Å². The summed E-state index contributed by atoms with van der Waals surface area (Å²) in [6.07, 6.45) is 0.840. The van der Waals surface area contributed by atoms with Gasteiger partial charge in [0, 0.05) is 17.7 Å². The van der Waals surface area contributed by atoms with E-state index in [2.05, 4.69) is 17.4 Å². The molecule has 0 heterocycles. The second-order valence-corrected chi connectivity index (χ2v) is 8.31. The van der Waals surface area contributed by atoms with Gasteiger partial charge in [0.05, 0.1) is 19.2 Å². The van der Waals surface area contributed by atoms with Crippen molar-refractivity contribution < 1.29 is 18.6 Å². The Morgan fingerprint density at radius 3 is 2.44 bits per heavy atom. The maximum atomic E-state index is 13.4. The molecule has 0 radical (unpaired) electrons. The highest BCUT2D eigenvalue weighted by Gasteiger charge is 2.11. The fraction of sp³-hybridized carbons (Fsp3) is 0.214. The van der Waals surface area contributed by atoms with Crippen LogP contribution >= 0.6 is 11.6 Å². The summed E-state index contributed by atoms with van der Waals surface area (Å²) in [6.45, 7) is 1.68. The molecular weight excluding hydrogens is 453 g/mol. The van der Waals surface area contributed by atoms with Crippen molar-refractivity contribution in [1.29, 1.82) is 0 Å². The molecule has 0 aliphatic heterocycles. The fourth-order valence-corrected chi connectivity index (χ4v) is 4.13. The van der Waals surface area contributed by atoms with Gasteiger partial charge >= 0.3 is 0 Å². The zero-order valence-electron chi connectivity index (χ0n) is 19.2. The molecular formula is C28H27ClFNO3. The van der Waals surface area contributed by atoms with Gasteiger partial charge in [-0.15, -0.1) is 0 Å². The molecule has 4 rings (SSSR count). The van der Waals surface area contributed by atoms with Crippen LogP contribution in [0, 0.1) is 5.82 Å². The smallest absolute Gasteiger partial charge is 0.160 e. The first-order chi connectivity index (χ1) is 16.6. The molecule has 0 unspecified atom stereocenters. The van der Waals surface area contributed by atoms with Gasteiger partial charge in [0.25, 0.3) is 0 Å². The minimum atomic E-state index is -0.362. The zero-order chi connectivity index (χ0) is 23.9. The van der Waals surface area contributed by atoms with Gasteiger partial charge in [-0.3, -0.25) is 0 Å². The lowest BCUT2D eigenvalue weighted by Crippen LogP contribution is -2.17. The SMILES string of the molecule is COc1ccc(CCNCc2c(OCc3ccc(F)cc3Cl)ccc3ccccc23)cc1OC. The number of benzene rings is 4. The Hall–Kier alpha value is -3.28. The third kappa shape index (κ3) is 5.61. The van der Waals surface area contributed by atoms with Crippen LogP contribution in [-0.4, -0.2) is 20.8 Å². The lowest BCUT2D eigenvalue weighted by molar-refractivity contribution is 0.302. The van der Waals surface area contributed by atoms with Crippen molar-refractivity contribution in [2.24, 2.45) is 0 Å². The highest BCUT2D eigenvalue weighted by molar-refractivity contribution is 6.31. The van der Waals surface area contributed by atoms with Crippen LogP contribution in [-0.2, 0) is 19.6 Å². The minimum Gasteiger partial charge on any atom is -0.493 e. The average Bonchev–Trinajstić information content (AvgIpc) is 2.86. The summed E-state index contributed by atoms with van der Waals surface area (Å²) < 4.78 is 30.2. The molecule has 4 aromatic carbocycles. The van der Waals surface area contributed by atoms with Crippen LogP contribution in [0.2, 0.25) is 5.02 Å². The number of ether oxygens (including phenoxy) is 3. The predicted octanol–water partition coefficient (Wildman–Crippen LogP) is 6.56. The van der Waals surface area contributed by atoms with Crippen LogP contribution < -0.4 is 19.5 Å². The first-order valence-corrected chi connectivity index (χ1v) is 11.5. The van der Waals surface area contributed by atoms with Gasteiger partial charge in [-0.05, 0) is 59.6 Å². The van der Waals surface area contributed by atoms with Crippen LogP contribution in [0.5, 0.6) is 17.2 Å². The third-order valence-corrected chi connectivity index (χ3v) is 6.09. The van der Waals surface area contributed by atoms with Crippen molar-refractivity contribution in [2.75, 3.05) is 20.8 Å².